The van der Waals surface area contributed by atoms with Crippen LogP contribution in [0.1, 0.15) is 105 Å². The van der Waals surface area contributed by atoms with Crippen LogP contribution in [0.5, 0.6) is 0 Å². The Bertz CT molecular complexity index is 768. The molecule has 3 rings (SSSR count). The molecule has 3 aliphatic carbocycles. The molecular formula is C32H54O4. The highest BCUT2D eigenvalue weighted by molar-refractivity contribution is 5.40. The normalized spacial score (nSPS) is 36.1. The number of hydrogen-bond acceptors (Lipinski definition) is 4. The van der Waals surface area contributed by atoms with Crippen LogP contribution in [0.15, 0.2) is 35.5 Å². The standard InChI is InChI=1S/C32H54O4/c1-22(2)11-9-12-23(3)27-16-17-28-25(13-10-18-32(27,28)5)14-15-26-21-29(34)31(30(35)24(26)4)36-20-8-6-7-19-33/h14-15,22-23,27-31,33-35H,4,6-13,16-21H2,1-3,5H3/b25-14+,26-15-/t23-,27-,28+,29-,30+,31-,32-/m1/s1. The Morgan fingerprint density at radius 3 is 2.56 bits per heavy atom. The van der Waals surface area contributed by atoms with E-state index in [1.54, 1.807) is 5.57 Å². The predicted molar refractivity (Wildman–Crippen MR) is 149 cm³/mol. The lowest BCUT2D eigenvalue weighted by molar-refractivity contribution is -0.0956. The van der Waals surface area contributed by atoms with E-state index in [0.717, 1.165) is 49.0 Å². The predicted octanol–water partition coefficient (Wildman–Crippen LogP) is 6.75. The van der Waals surface area contributed by atoms with Gasteiger partial charge in [-0.3, -0.25) is 0 Å². The van der Waals surface area contributed by atoms with Crippen molar-refractivity contribution >= 4 is 0 Å². The van der Waals surface area contributed by atoms with E-state index >= 15 is 0 Å². The smallest absolute Gasteiger partial charge is 0.114 e. The van der Waals surface area contributed by atoms with Crippen molar-refractivity contribution in [2.24, 2.45) is 29.1 Å². The molecule has 0 aliphatic heterocycles. The summed E-state index contributed by atoms with van der Waals surface area (Å²) in [6.07, 6.45) is 15.6. The second kappa shape index (κ2) is 13.7. The van der Waals surface area contributed by atoms with Gasteiger partial charge in [-0.1, -0.05) is 71.3 Å². The van der Waals surface area contributed by atoms with E-state index in [-0.39, 0.29) is 6.61 Å². The fraction of sp³-hybridized carbons (Fsp3) is 0.812. The highest BCUT2D eigenvalue weighted by atomic mass is 16.5. The zero-order valence-corrected chi connectivity index (χ0v) is 23.6. The van der Waals surface area contributed by atoms with Crippen LogP contribution < -0.4 is 0 Å². The van der Waals surface area contributed by atoms with Crippen molar-refractivity contribution in [1.29, 1.82) is 0 Å². The Labute approximate surface area is 220 Å². The third kappa shape index (κ3) is 7.12. The Hall–Kier alpha value is -0.940. The molecule has 4 nitrogen and oxygen atoms in total. The molecule has 0 amide bonds. The molecule has 7 atom stereocenters. The molecule has 0 aromatic carbocycles. The van der Waals surface area contributed by atoms with E-state index in [1.165, 1.54) is 44.9 Å². The van der Waals surface area contributed by atoms with Crippen LogP contribution in [0.25, 0.3) is 0 Å². The molecule has 36 heavy (non-hydrogen) atoms. The molecule has 0 aromatic heterocycles. The van der Waals surface area contributed by atoms with Gasteiger partial charge in [0, 0.05) is 19.6 Å². The maximum absolute atomic E-state index is 10.8. The van der Waals surface area contributed by atoms with Crippen molar-refractivity contribution < 1.29 is 20.1 Å². The van der Waals surface area contributed by atoms with Crippen molar-refractivity contribution in [2.75, 3.05) is 13.2 Å². The van der Waals surface area contributed by atoms with Crippen molar-refractivity contribution in [2.45, 2.75) is 123 Å². The quantitative estimate of drug-likeness (QED) is 0.258. The average molecular weight is 503 g/mol. The van der Waals surface area contributed by atoms with E-state index in [9.17, 15) is 10.2 Å². The number of ether oxygens (including phenoxy) is 1. The minimum Gasteiger partial charge on any atom is -0.396 e. The number of aliphatic hydroxyl groups is 3. The minimum atomic E-state index is -0.879. The molecule has 0 radical (unpaired) electrons. The molecule has 4 heteroatoms. The van der Waals surface area contributed by atoms with E-state index in [4.69, 9.17) is 9.84 Å². The van der Waals surface area contributed by atoms with Crippen LogP contribution in [0.2, 0.25) is 0 Å². The second-order valence-electron chi connectivity index (χ2n) is 12.7. The third-order valence-corrected chi connectivity index (χ3v) is 9.67. The first-order chi connectivity index (χ1) is 17.2. The summed E-state index contributed by atoms with van der Waals surface area (Å²) in [4.78, 5) is 0. The second-order valence-corrected chi connectivity index (χ2v) is 12.7. The van der Waals surface area contributed by atoms with Crippen LogP contribution >= 0.6 is 0 Å². The highest BCUT2D eigenvalue weighted by Gasteiger charge is 2.50. The van der Waals surface area contributed by atoms with Gasteiger partial charge in [0.1, 0.15) is 12.2 Å². The maximum atomic E-state index is 10.8. The monoisotopic (exact) mass is 502 g/mol. The Morgan fingerprint density at radius 2 is 1.83 bits per heavy atom. The number of allylic oxidation sites excluding steroid dienone is 3. The van der Waals surface area contributed by atoms with Crippen LogP contribution in [0, 0.1) is 29.1 Å². The summed E-state index contributed by atoms with van der Waals surface area (Å²) in [5, 5.41) is 30.5. The number of hydrogen-bond donors (Lipinski definition) is 3. The van der Waals surface area contributed by atoms with Crippen molar-refractivity contribution in [3.8, 4) is 0 Å². The van der Waals surface area contributed by atoms with Crippen LogP contribution in [0.3, 0.4) is 0 Å². The summed E-state index contributed by atoms with van der Waals surface area (Å²) in [6, 6.07) is 0. The Kier molecular flexibility index (Phi) is 11.3. The molecule has 3 aliphatic rings. The zero-order valence-electron chi connectivity index (χ0n) is 23.6. The largest absolute Gasteiger partial charge is 0.396 e. The molecule has 0 heterocycles. The lowest BCUT2D eigenvalue weighted by Gasteiger charge is -2.44. The fourth-order valence-electron chi connectivity index (χ4n) is 7.53. The van der Waals surface area contributed by atoms with Gasteiger partial charge >= 0.3 is 0 Å². The summed E-state index contributed by atoms with van der Waals surface area (Å²) in [5.41, 5.74) is 3.59. The lowest BCUT2D eigenvalue weighted by atomic mass is 9.60. The van der Waals surface area contributed by atoms with Crippen LogP contribution in [-0.2, 0) is 4.74 Å². The lowest BCUT2D eigenvalue weighted by Crippen LogP contribution is -2.45. The molecule has 0 unspecified atom stereocenters. The van der Waals surface area contributed by atoms with Gasteiger partial charge in [-0.05, 0) is 91.6 Å². The highest BCUT2D eigenvalue weighted by Crippen LogP contribution is 2.60. The van der Waals surface area contributed by atoms with Crippen molar-refractivity contribution in [3.05, 3.63) is 35.5 Å². The summed E-state index contributed by atoms with van der Waals surface area (Å²) >= 11 is 0. The van der Waals surface area contributed by atoms with Crippen LogP contribution in [-0.4, -0.2) is 46.8 Å². The van der Waals surface area contributed by atoms with E-state index in [1.807, 2.05) is 0 Å². The number of rotatable bonds is 12. The van der Waals surface area contributed by atoms with E-state index in [0.29, 0.717) is 29.9 Å². The van der Waals surface area contributed by atoms with E-state index in [2.05, 4.69) is 46.4 Å². The van der Waals surface area contributed by atoms with Crippen molar-refractivity contribution in [3.63, 3.8) is 0 Å². The minimum absolute atomic E-state index is 0.188. The topological polar surface area (TPSA) is 69.9 Å². The summed E-state index contributed by atoms with van der Waals surface area (Å²) in [6.45, 7) is 14.6. The summed E-state index contributed by atoms with van der Waals surface area (Å²) in [5.74, 6) is 3.06. The molecule has 0 bridgehead atoms. The first kappa shape index (κ1) is 29.6. The molecule has 0 saturated heterocycles. The van der Waals surface area contributed by atoms with Gasteiger partial charge in [0.25, 0.3) is 0 Å². The van der Waals surface area contributed by atoms with Gasteiger partial charge in [-0.2, -0.15) is 0 Å². The number of aliphatic hydroxyl groups excluding tert-OH is 3. The van der Waals surface area contributed by atoms with Crippen molar-refractivity contribution in [1.82, 2.24) is 0 Å². The van der Waals surface area contributed by atoms with Gasteiger partial charge in [0.2, 0.25) is 0 Å². The number of fused-ring (bicyclic) bond motifs is 1. The first-order valence-electron chi connectivity index (χ1n) is 14.9. The first-order valence-corrected chi connectivity index (χ1v) is 14.9. The number of unbranched alkanes of at least 4 members (excludes halogenated alkanes) is 2. The summed E-state index contributed by atoms with van der Waals surface area (Å²) in [7, 11) is 0. The molecule has 3 fully saturated rings. The average Bonchev–Trinajstić information content (AvgIpc) is 3.19. The Balaban J connectivity index is 1.63. The van der Waals surface area contributed by atoms with E-state index < -0.39 is 18.3 Å². The Morgan fingerprint density at radius 1 is 1.06 bits per heavy atom. The van der Waals surface area contributed by atoms with Gasteiger partial charge < -0.3 is 20.1 Å². The molecule has 0 spiro atoms. The molecule has 206 valence electrons. The third-order valence-electron chi connectivity index (χ3n) is 9.67. The fourth-order valence-corrected chi connectivity index (χ4v) is 7.53. The maximum Gasteiger partial charge on any atom is 0.114 e. The van der Waals surface area contributed by atoms with Gasteiger partial charge in [0.15, 0.2) is 0 Å². The molecule has 0 aromatic rings. The summed E-state index contributed by atoms with van der Waals surface area (Å²) < 4.78 is 5.83. The van der Waals surface area contributed by atoms with Gasteiger partial charge in [-0.15, -0.1) is 0 Å². The molecular weight excluding hydrogens is 448 g/mol. The van der Waals surface area contributed by atoms with Crippen LogP contribution in [0.4, 0.5) is 0 Å². The SMILES string of the molecule is C=C1/C(=C\C=C2/CCC[C@]3(C)[C@@H]([C@H](C)CCCC(C)C)CC[C@@H]23)C[C@@H](O)[C@@H](OCCCCCO)[C@H]1O. The molecule has 3 N–H and O–H groups in total. The van der Waals surface area contributed by atoms with Gasteiger partial charge in [-0.25, -0.2) is 0 Å². The van der Waals surface area contributed by atoms with Gasteiger partial charge in [0.05, 0.1) is 6.10 Å². The zero-order chi connectivity index (χ0) is 26.3. The molecule has 3 saturated carbocycles.